The monoisotopic (exact) mass is 425 g/mol. The number of rotatable bonds is 6. The number of morpholine rings is 1. The van der Waals surface area contributed by atoms with E-state index in [1.807, 2.05) is 0 Å². The molecule has 9 nitrogen and oxygen atoms in total. The van der Waals surface area contributed by atoms with Gasteiger partial charge in [-0.05, 0) is 25.1 Å². The molecule has 2 heterocycles. The van der Waals surface area contributed by atoms with Gasteiger partial charge in [0, 0.05) is 35.2 Å². The van der Waals surface area contributed by atoms with Gasteiger partial charge in [0.15, 0.2) is 0 Å². The van der Waals surface area contributed by atoms with Crippen molar-refractivity contribution in [1.82, 2.24) is 9.62 Å². The van der Waals surface area contributed by atoms with E-state index in [-0.39, 0.29) is 27.6 Å². The van der Waals surface area contributed by atoms with E-state index in [2.05, 4.69) is 5.32 Å². The Labute approximate surface area is 166 Å². The average Bonchev–Trinajstić information content (AvgIpc) is 3.16. The number of nitrogens with one attached hydrogen (secondary N) is 1. The molecule has 28 heavy (non-hydrogen) atoms. The molecule has 0 spiro atoms. The van der Waals surface area contributed by atoms with Crippen molar-refractivity contribution in [1.29, 1.82) is 0 Å². The highest BCUT2D eigenvalue weighted by atomic mass is 32.2. The number of thiophene rings is 1. The highest BCUT2D eigenvalue weighted by Gasteiger charge is 2.27. The smallest absolute Gasteiger partial charge is 0.273 e. The molecule has 0 aliphatic carbocycles. The molecule has 2 aromatic rings. The highest BCUT2D eigenvalue weighted by molar-refractivity contribution is 7.91. The van der Waals surface area contributed by atoms with E-state index in [0.29, 0.717) is 31.2 Å². The SMILES string of the molecule is Cc1c(C(=O)NCc2ccc(S(=O)(=O)N3CCOCC3)s2)cccc1[N+](=O)[O-]. The van der Waals surface area contributed by atoms with Crippen molar-refractivity contribution in [3.05, 3.63) is 56.5 Å². The van der Waals surface area contributed by atoms with Gasteiger partial charge < -0.3 is 10.1 Å². The lowest BCUT2D eigenvalue weighted by Crippen LogP contribution is -2.40. The maximum absolute atomic E-state index is 12.6. The van der Waals surface area contributed by atoms with Crippen molar-refractivity contribution in [2.75, 3.05) is 26.3 Å². The summed E-state index contributed by atoms with van der Waals surface area (Å²) in [5.74, 6) is -0.452. The van der Waals surface area contributed by atoms with Crippen LogP contribution in [0.3, 0.4) is 0 Å². The molecule has 0 unspecified atom stereocenters. The topological polar surface area (TPSA) is 119 Å². The average molecular weight is 425 g/mol. The predicted octanol–water partition coefficient (Wildman–Crippen LogP) is 1.92. The van der Waals surface area contributed by atoms with Gasteiger partial charge in [-0.3, -0.25) is 14.9 Å². The van der Waals surface area contributed by atoms with E-state index >= 15 is 0 Å². The number of hydrogen-bond donors (Lipinski definition) is 1. The van der Waals surface area contributed by atoms with E-state index in [1.165, 1.54) is 35.5 Å². The maximum atomic E-state index is 12.6. The lowest BCUT2D eigenvalue weighted by Gasteiger charge is -2.25. The Hall–Kier alpha value is -2.34. The summed E-state index contributed by atoms with van der Waals surface area (Å²) in [7, 11) is -3.57. The summed E-state index contributed by atoms with van der Waals surface area (Å²) in [6.07, 6.45) is 0. The minimum Gasteiger partial charge on any atom is -0.379 e. The number of nitro benzene ring substituents is 1. The van der Waals surface area contributed by atoms with Crippen LogP contribution in [0.15, 0.2) is 34.5 Å². The number of nitrogens with zero attached hydrogens (tertiary/aromatic N) is 2. The first-order valence-electron chi connectivity index (χ1n) is 8.49. The Balaban J connectivity index is 1.69. The van der Waals surface area contributed by atoms with Crippen molar-refractivity contribution in [2.45, 2.75) is 17.7 Å². The summed E-state index contributed by atoms with van der Waals surface area (Å²) in [5, 5.41) is 13.7. The van der Waals surface area contributed by atoms with Crippen molar-refractivity contribution in [3.63, 3.8) is 0 Å². The standard InChI is InChI=1S/C17H19N3O6S2/c1-12-14(3-2-4-15(12)20(22)23)17(21)18-11-13-5-6-16(27-13)28(24,25)19-7-9-26-10-8-19/h2-6H,7-11H2,1H3,(H,18,21). The molecule has 3 rings (SSSR count). The van der Waals surface area contributed by atoms with Crippen LogP contribution in [-0.4, -0.2) is 49.9 Å². The number of sulfonamides is 1. The Morgan fingerprint density at radius 1 is 1.29 bits per heavy atom. The number of nitro groups is 1. The maximum Gasteiger partial charge on any atom is 0.273 e. The molecule has 1 amide bonds. The number of hydrogen-bond acceptors (Lipinski definition) is 7. The normalized spacial score (nSPS) is 15.3. The van der Waals surface area contributed by atoms with Crippen LogP contribution in [0.2, 0.25) is 0 Å². The molecule has 1 aliphatic heterocycles. The van der Waals surface area contributed by atoms with Crippen LogP contribution in [0.25, 0.3) is 0 Å². The van der Waals surface area contributed by atoms with Gasteiger partial charge in [-0.1, -0.05) is 6.07 Å². The second-order valence-electron chi connectivity index (χ2n) is 6.13. The molecule has 1 fully saturated rings. The number of carbonyl (C=O) groups excluding carboxylic acids is 1. The van der Waals surface area contributed by atoms with Crippen LogP contribution in [-0.2, 0) is 21.3 Å². The van der Waals surface area contributed by atoms with E-state index in [9.17, 15) is 23.3 Å². The van der Waals surface area contributed by atoms with E-state index in [4.69, 9.17) is 4.74 Å². The summed E-state index contributed by atoms with van der Waals surface area (Å²) in [5.41, 5.74) is 0.376. The summed E-state index contributed by atoms with van der Waals surface area (Å²) >= 11 is 1.09. The van der Waals surface area contributed by atoms with Gasteiger partial charge >= 0.3 is 0 Å². The zero-order valence-electron chi connectivity index (χ0n) is 15.1. The van der Waals surface area contributed by atoms with Crippen LogP contribution in [0.1, 0.15) is 20.8 Å². The highest BCUT2D eigenvalue weighted by Crippen LogP contribution is 2.26. The Morgan fingerprint density at radius 2 is 2.00 bits per heavy atom. The van der Waals surface area contributed by atoms with Gasteiger partial charge in [-0.2, -0.15) is 4.31 Å². The van der Waals surface area contributed by atoms with E-state index < -0.39 is 20.9 Å². The molecular weight excluding hydrogens is 406 g/mol. The van der Waals surface area contributed by atoms with E-state index in [0.717, 1.165) is 11.3 Å². The third-order valence-corrected chi connectivity index (χ3v) is 7.82. The summed E-state index contributed by atoms with van der Waals surface area (Å²) in [6, 6.07) is 7.49. The molecule has 0 bridgehead atoms. The molecule has 0 radical (unpaired) electrons. The quantitative estimate of drug-likeness (QED) is 0.558. The second kappa shape index (κ2) is 8.35. The molecule has 1 aliphatic rings. The first-order valence-corrected chi connectivity index (χ1v) is 10.7. The number of amides is 1. The Morgan fingerprint density at radius 3 is 2.68 bits per heavy atom. The predicted molar refractivity (Wildman–Crippen MR) is 103 cm³/mol. The number of carbonyl (C=O) groups is 1. The molecule has 1 saturated heterocycles. The Kier molecular flexibility index (Phi) is 6.08. The molecule has 11 heteroatoms. The molecule has 150 valence electrons. The Bertz CT molecular complexity index is 996. The van der Waals surface area contributed by atoms with Crippen LogP contribution >= 0.6 is 11.3 Å². The van der Waals surface area contributed by atoms with Crippen LogP contribution in [0, 0.1) is 17.0 Å². The molecular formula is C17H19N3O6S2. The van der Waals surface area contributed by atoms with Crippen molar-refractivity contribution >= 4 is 33.0 Å². The van der Waals surface area contributed by atoms with Gasteiger partial charge in [0.1, 0.15) is 4.21 Å². The number of ether oxygens (including phenoxy) is 1. The van der Waals surface area contributed by atoms with Crippen molar-refractivity contribution in [3.8, 4) is 0 Å². The van der Waals surface area contributed by atoms with Crippen LogP contribution in [0.4, 0.5) is 5.69 Å². The van der Waals surface area contributed by atoms with Crippen LogP contribution < -0.4 is 5.32 Å². The fourth-order valence-electron chi connectivity index (χ4n) is 2.84. The minimum atomic E-state index is -3.57. The van der Waals surface area contributed by atoms with Crippen LogP contribution in [0.5, 0.6) is 0 Å². The van der Waals surface area contributed by atoms with Gasteiger partial charge in [-0.15, -0.1) is 11.3 Å². The first-order chi connectivity index (χ1) is 13.3. The lowest BCUT2D eigenvalue weighted by atomic mass is 10.1. The summed E-state index contributed by atoms with van der Waals surface area (Å²) in [4.78, 5) is 23.5. The molecule has 0 atom stereocenters. The van der Waals surface area contributed by atoms with Crippen molar-refractivity contribution in [2.24, 2.45) is 0 Å². The lowest BCUT2D eigenvalue weighted by molar-refractivity contribution is -0.385. The molecule has 1 aromatic carbocycles. The molecule has 1 aromatic heterocycles. The molecule has 0 saturated carbocycles. The third kappa shape index (κ3) is 4.22. The summed E-state index contributed by atoms with van der Waals surface area (Å²) in [6.45, 7) is 3.03. The van der Waals surface area contributed by atoms with Gasteiger partial charge in [0.25, 0.3) is 21.6 Å². The largest absolute Gasteiger partial charge is 0.379 e. The minimum absolute atomic E-state index is 0.123. The third-order valence-electron chi connectivity index (χ3n) is 4.37. The zero-order valence-corrected chi connectivity index (χ0v) is 16.7. The van der Waals surface area contributed by atoms with Crippen molar-refractivity contribution < 1.29 is 22.9 Å². The summed E-state index contributed by atoms with van der Waals surface area (Å²) < 4.78 is 32.1. The van der Waals surface area contributed by atoms with Gasteiger partial charge in [-0.25, -0.2) is 8.42 Å². The zero-order chi connectivity index (χ0) is 20.3. The fourth-order valence-corrected chi connectivity index (χ4v) is 5.69. The van der Waals surface area contributed by atoms with E-state index in [1.54, 1.807) is 6.07 Å². The van der Waals surface area contributed by atoms with Gasteiger partial charge in [0.05, 0.1) is 24.7 Å². The second-order valence-corrected chi connectivity index (χ2v) is 9.46. The fraction of sp³-hybridized carbons (Fsp3) is 0.353. The number of benzene rings is 1. The van der Waals surface area contributed by atoms with Gasteiger partial charge in [0.2, 0.25) is 0 Å². The molecule has 1 N–H and O–H groups in total. The first kappa shape index (κ1) is 20.4.